The molecule has 114 valence electrons. The Labute approximate surface area is 140 Å². The second kappa shape index (κ2) is 7.59. The van der Waals surface area contributed by atoms with Gasteiger partial charge in [-0.05, 0) is 31.0 Å². The second-order valence-electron chi connectivity index (χ2n) is 5.29. The highest BCUT2D eigenvalue weighted by atomic mass is 35.5. The van der Waals surface area contributed by atoms with Crippen molar-refractivity contribution in [2.45, 2.75) is 39.7 Å². The molecule has 2 aromatic rings. The van der Waals surface area contributed by atoms with Crippen LogP contribution in [0.25, 0.3) is 10.6 Å². The first-order valence-electron chi connectivity index (χ1n) is 7.18. The van der Waals surface area contributed by atoms with E-state index in [1.54, 1.807) is 11.3 Å². The average molecular weight is 343 g/mol. The molecule has 21 heavy (non-hydrogen) atoms. The molecule has 0 radical (unpaired) electrons. The molecule has 0 amide bonds. The molecular formula is C16H20Cl2N2S. The van der Waals surface area contributed by atoms with E-state index in [-0.39, 0.29) is 0 Å². The lowest BCUT2D eigenvalue weighted by molar-refractivity contribution is 0.670. The standard InChI is InChI=1S/C16H20Cl2N2S/c1-4-7-19-9-14-15(10(2)3)20-16(21-14)11-5-6-12(17)13(18)8-11/h5-6,8,10,19H,4,7,9H2,1-3H3. The van der Waals surface area contributed by atoms with Crippen LogP contribution in [-0.4, -0.2) is 11.5 Å². The fraction of sp³-hybridized carbons (Fsp3) is 0.438. The summed E-state index contributed by atoms with van der Waals surface area (Å²) in [7, 11) is 0. The predicted molar refractivity (Wildman–Crippen MR) is 93.7 cm³/mol. The lowest BCUT2D eigenvalue weighted by atomic mass is 10.1. The summed E-state index contributed by atoms with van der Waals surface area (Å²) in [6, 6.07) is 5.68. The number of hydrogen-bond acceptors (Lipinski definition) is 3. The number of halogens is 2. The summed E-state index contributed by atoms with van der Waals surface area (Å²) in [6.07, 6.45) is 1.13. The van der Waals surface area contributed by atoms with E-state index < -0.39 is 0 Å². The van der Waals surface area contributed by atoms with Crippen LogP contribution in [0.3, 0.4) is 0 Å². The van der Waals surface area contributed by atoms with Crippen molar-refractivity contribution in [1.82, 2.24) is 10.3 Å². The minimum atomic E-state index is 0.413. The molecule has 0 aliphatic carbocycles. The van der Waals surface area contributed by atoms with Crippen molar-refractivity contribution >= 4 is 34.5 Å². The van der Waals surface area contributed by atoms with Gasteiger partial charge in [0.2, 0.25) is 0 Å². The topological polar surface area (TPSA) is 24.9 Å². The molecule has 1 aromatic carbocycles. The van der Waals surface area contributed by atoms with Crippen molar-refractivity contribution in [3.63, 3.8) is 0 Å². The number of thiazole rings is 1. The van der Waals surface area contributed by atoms with Crippen LogP contribution in [0.4, 0.5) is 0 Å². The molecule has 0 aliphatic rings. The Bertz CT molecular complexity index is 608. The van der Waals surface area contributed by atoms with E-state index in [2.05, 4.69) is 26.1 Å². The molecule has 0 saturated heterocycles. The molecule has 0 atom stereocenters. The fourth-order valence-corrected chi connectivity index (χ4v) is 3.55. The zero-order valence-corrected chi connectivity index (χ0v) is 14.9. The number of aromatic nitrogens is 1. The minimum Gasteiger partial charge on any atom is -0.312 e. The third-order valence-electron chi connectivity index (χ3n) is 3.15. The first-order chi connectivity index (χ1) is 10.0. The van der Waals surface area contributed by atoms with E-state index in [0.717, 1.165) is 30.1 Å². The number of nitrogens with zero attached hydrogens (tertiary/aromatic N) is 1. The molecule has 5 heteroatoms. The zero-order valence-electron chi connectivity index (χ0n) is 12.5. The van der Waals surface area contributed by atoms with Gasteiger partial charge in [0, 0.05) is 17.0 Å². The van der Waals surface area contributed by atoms with E-state index in [0.29, 0.717) is 16.0 Å². The van der Waals surface area contributed by atoms with Gasteiger partial charge in [-0.3, -0.25) is 0 Å². The lowest BCUT2D eigenvalue weighted by Gasteiger charge is -2.05. The Morgan fingerprint density at radius 2 is 2.00 bits per heavy atom. The molecule has 0 fully saturated rings. The van der Waals surface area contributed by atoms with Crippen molar-refractivity contribution < 1.29 is 0 Å². The molecule has 0 aliphatic heterocycles. The third-order valence-corrected chi connectivity index (χ3v) is 5.01. The van der Waals surface area contributed by atoms with Gasteiger partial charge in [-0.15, -0.1) is 11.3 Å². The van der Waals surface area contributed by atoms with E-state index in [1.807, 2.05) is 18.2 Å². The lowest BCUT2D eigenvalue weighted by Crippen LogP contribution is -2.14. The van der Waals surface area contributed by atoms with Crippen LogP contribution in [0.2, 0.25) is 10.0 Å². The van der Waals surface area contributed by atoms with Crippen LogP contribution in [0.5, 0.6) is 0 Å². The predicted octanol–water partition coefficient (Wildman–Crippen LogP) is 5.74. The first kappa shape index (κ1) is 16.8. The SMILES string of the molecule is CCCNCc1sc(-c2ccc(Cl)c(Cl)c2)nc1C(C)C. The number of rotatable bonds is 6. The Morgan fingerprint density at radius 3 is 2.62 bits per heavy atom. The molecule has 2 rings (SSSR count). The van der Waals surface area contributed by atoms with Gasteiger partial charge < -0.3 is 5.32 Å². The Kier molecular flexibility index (Phi) is 6.06. The van der Waals surface area contributed by atoms with Crippen LogP contribution >= 0.6 is 34.5 Å². The molecule has 2 nitrogen and oxygen atoms in total. The minimum absolute atomic E-state index is 0.413. The summed E-state index contributed by atoms with van der Waals surface area (Å²) in [5.41, 5.74) is 2.20. The summed E-state index contributed by atoms with van der Waals surface area (Å²) < 4.78 is 0. The maximum atomic E-state index is 6.11. The molecule has 0 spiro atoms. The van der Waals surface area contributed by atoms with Crippen LogP contribution in [0.15, 0.2) is 18.2 Å². The van der Waals surface area contributed by atoms with Gasteiger partial charge in [0.05, 0.1) is 15.7 Å². The second-order valence-corrected chi connectivity index (χ2v) is 7.19. The van der Waals surface area contributed by atoms with Gasteiger partial charge in [0.1, 0.15) is 5.01 Å². The molecule has 0 saturated carbocycles. The van der Waals surface area contributed by atoms with Gasteiger partial charge in [-0.25, -0.2) is 4.98 Å². The summed E-state index contributed by atoms with van der Waals surface area (Å²) in [6.45, 7) is 8.43. The van der Waals surface area contributed by atoms with Crippen molar-refractivity contribution in [2.24, 2.45) is 0 Å². The van der Waals surface area contributed by atoms with Crippen molar-refractivity contribution in [2.75, 3.05) is 6.54 Å². The molecule has 1 heterocycles. The molecule has 0 bridgehead atoms. The summed E-state index contributed by atoms with van der Waals surface area (Å²) >= 11 is 13.8. The van der Waals surface area contributed by atoms with Gasteiger partial charge >= 0.3 is 0 Å². The van der Waals surface area contributed by atoms with Crippen molar-refractivity contribution in [1.29, 1.82) is 0 Å². The quantitative estimate of drug-likeness (QED) is 0.677. The fourth-order valence-electron chi connectivity index (χ4n) is 2.07. The van der Waals surface area contributed by atoms with E-state index in [1.165, 1.54) is 10.6 Å². The van der Waals surface area contributed by atoms with Crippen molar-refractivity contribution in [3.8, 4) is 10.6 Å². The Balaban J connectivity index is 2.31. The Morgan fingerprint density at radius 1 is 1.24 bits per heavy atom. The molecule has 0 unspecified atom stereocenters. The van der Waals surface area contributed by atoms with E-state index in [4.69, 9.17) is 28.2 Å². The highest BCUT2D eigenvalue weighted by molar-refractivity contribution is 7.15. The number of hydrogen-bond donors (Lipinski definition) is 1. The van der Waals surface area contributed by atoms with E-state index in [9.17, 15) is 0 Å². The average Bonchev–Trinajstić information content (AvgIpc) is 2.86. The zero-order chi connectivity index (χ0) is 15.4. The van der Waals surface area contributed by atoms with Crippen LogP contribution < -0.4 is 5.32 Å². The van der Waals surface area contributed by atoms with E-state index >= 15 is 0 Å². The summed E-state index contributed by atoms with van der Waals surface area (Å²) in [4.78, 5) is 6.11. The van der Waals surface area contributed by atoms with Gasteiger partial charge in [-0.2, -0.15) is 0 Å². The molecule has 1 aromatic heterocycles. The van der Waals surface area contributed by atoms with Crippen LogP contribution in [0, 0.1) is 0 Å². The normalized spacial score (nSPS) is 11.3. The largest absolute Gasteiger partial charge is 0.312 e. The highest BCUT2D eigenvalue weighted by Crippen LogP contribution is 2.34. The van der Waals surface area contributed by atoms with Crippen LogP contribution in [0.1, 0.15) is 43.7 Å². The van der Waals surface area contributed by atoms with Gasteiger partial charge in [0.25, 0.3) is 0 Å². The molecule has 1 N–H and O–H groups in total. The highest BCUT2D eigenvalue weighted by Gasteiger charge is 2.15. The van der Waals surface area contributed by atoms with Crippen LogP contribution in [-0.2, 0) is 6.54 Å². The monoisotopic (exact) mass is 342 g/mol. The molecular weight excluding hydrogens is 323 g/mol. The Hall–Kier alpha value is -0.610. The smallest absolute Gasteiger partial charge is 0.123 e. The third kappa shape index (κ3) is 4.19. The number of nitrogens with one attached hydrogen (secondary N) is 1. The maximum Gasteiger partial charge on any atom is 0.123 e. The van der Waals surface area contributed by atoms with Gasteiger partial charge in [-0.1, -0.05) is 50.0 Å². The maximum absolute atomic E-state index is 6.11. The summed E-state index contributed by atoms with van der Waals surface area (Å²) in [5, 5.41) is 5.61. The van der Waals surface area contributed by atoms with Crippen molar-refractivity contribution in [3.05, 3.63) is 38.8 Å². The first-order valence-corrected chi connectivity index (χ1v) is 8.76. The van der Waals surface area contributed by atoms with Gasteiger partial charge in [0.15, 0.2) is 0 Å². The summed E-state index contributed by atoms with van der Waals surface area (Å²) in [5.74, 6) is 0.413. The number of benzene rings is 1.